The molecule has 0 amide bonds. The summed E-state index contributed by atoms with van der Waals surface area (Å²) < 4.78 is 0. The third-order valence-electron chi connectivity index (χ3n) is 13.2. The van der Waals surface area contributed by atoms with Gasteiger partial charge in [0.05, 0.1) is 11.4 Å². The molecule has 0 aliphatic rings. The molecule has 0 unspecified atom stereocenters. The second kappa shape index (κ2) is 15.9. The molecule has 0 aliphatic carbocycles. The lowest BCUT2D eigenvalue weighted by Gasteiger charge is -2.34. The Kier molecular flexibility index (Phi) is 10.1. The van der Waals surface area contributed by atoms with Gasteiger partial charge in [0.2, 0.25) is 0 Å². The summed E-state index contributed by atoms with van der Waals surface area (Å²) in [5, 5.41) is 7.70. The minimum atomic E-state index is -0.152. The van der Waals surface area contributed by atoms with Crippen molar-refractivity contribution in [3.05, 3.63) is 216 Å². The third kappa shape index (κ3) is 6.99. The summed E-state index contributed by atoms with van der Waals surface area (Å²) in [6, 6.07) is 71.6. The Bertz CT molecular complexity index is 3060. The van der Waals surface area contributed by atoms with Gasteiger partial charge < -0.3 is 9.80 Å². The average Bonchev–Trinajstić information content (AvgIpc) is 3.30. The van der Waals surface area contributed by atoms with Gasteiger partial charge >= 0.3 is 0 Å². The molecule has 0 heterocycles. The standard InChI is InChI=1S/C62H56N2/c1-41-47(43-23-13-9-14-24-43)31-21-33-55(41)63(45-27-17-11-18-28-45)57-39-53(61(3,4)5)49-36-38-52-58(40-54(62(6,7)8)50-35-37-51(57)59(49)60(50)52)64(46-29-19-12-20-30-46)56-34-22-32-48(42(56)2)44-25-15-10-16-26-44/h9-40H,1-8H3. The highest BCUT2D eigenvalue weighted by atomic mass is 15.2. The first-order valence-electron chi connectivity index (χ1n) is 22.7. The molecule has 64 heavy (non-hydrogen) atoms. The molecule has 0 aromatic heterocycles. The smallest absolute Gasteiger partial charge is 0.0543 e. The third-order valence-corrected chi connectivity index (χ3v) is 13.2. The van der Waals surface area contributed by atoms with Crippen LogP contribution in [0.5, 0.6) is 0 Å². The summed E-state index contributed by atoms with van der Waals surface area (Å²) >= 11 is 0. The Morgan fingerprint density at radius 1 is 0.312 bits per heavy atom. The summed E-state index contributed by atoms with van der Waals surface area (Å²) in [6.07, 6.45) is 0. The van der Waals surface area contributed by atoms with Crippen LogP contribution in [0.1, 0.15) is 63.8 Å². The van der Waals surface area contributed by atoms with Crippen LogP contribution in [-0.2, 0) is 10.8 Å². The second-order valence-corrected chi connectivity index (χ2v) is 19.4. The zero-order valence-electron chi connectivity index (χ0n) is 38.4. The van der Waals surface area contributed by atoms with Gasteiger partial charge in [-0.15, -0.1) is 0 Å². The maximum absolute atomic E-state index is 2.52. The van der Waals surface area contributed by atoms with Crippen molar-refractivity contribution in [2.75, 3.05) is 9.80 Å². The van der Waals surface area contributed by atoms with Crippen LogP contribution in [0.4, 0.5) is 34.1 Å². The molecule has 314 valence electrons. The Morgan fingerprint density at radius 2 is 0.641 bits per heavy atom. The van der Waals surface area contributed by atoms with Gasteiger partial charge in [0.1, 0.15) is 0 Å². The van der Waals surface area contributed by atoms with Crippen LogP contribution in [-0.4, -0.2) is 0 Å². The molecule has 0 N–H and O–H groups in total. The molecule has 0 radical (unpaired) electrons. The second-order valence-electron chi connectivity index (χ2n) is 19.4. The van der Waals surface area contributed by atoms with Crippen molar-refractivity contribution < 1.29 is 0 Å². The number of hydrogen-bond acceptors (Lipinski definition) is 2. The monoisotopic (exact) mass is 828 g/mol. The normalized spacial score (nSPS) is 12.1. The van der Waals surface area contributed by atoms with E-state index < -0.39 is 0 Å². The number of anilines is 6. The first-order valence-corrected chi connectivity index (χ1v) is 22.7. The van der Waals surface area contributed by atoms with Crippen molar-refractivity contribution in [2.45, 2.75) is 66.2 Å². The van der Waals surface area contributed by atoms with E-state index in [2.05, 4.69) is 259 Å². The van der Waals surface area contributed by atoms with Crippen molar-refractivity contribution in [2.24, 2.45) is 0 Å². The molecule has 2 heteroatoms. The summed E-state index contributed by atoms with van der Waals surface area (Å²) in [4.78, 5) is 5.03. The minimum absolute atomic E-state index is 0.152. The lowest BCUT2D eigenvalue weighted by molar-refractivity contribution is 0.595. The van der Waals surface area contributed by atoms with Crippen molar-refractivity contribution in [1.29, 1.82) is 0 Å². The summed E-state index contributed by atoms with van der Waals surface area (Å²) in [6.45, 7) is 18.7. The fourth-order valence-electron chi connectivity index (χ4n) is 10.1. The summed E-state index contributed by atoms with van der Waals surface area (Å²) in [5.41, 5.74) is 16.7. The van der Waals surface area contributed by atoms with E-state index in [-0.39, 0.29) is 10.8 Å². The van der Waals surface area contributed by atoms with E-state index in [4.69, 9.17) is 0 Å². The number of rotatable bonds is 8. The fourth-order valence-corrected chi connectivity index (χ4v) is 10.1. The molecular formula is C62H56N2. The van der Waals surface area contributed by atoms with E-state index in [1.807, 2.05) is 0 Å². The largest absolute Gasteiger partial charge is 0.310 e. The Labute approximate surface area is 379 Å². The molecular weight excluding hydrogens is 773 g/mol. The van der Waals surface area contributed by atoms with Gasteiger partial charge in [0, 0.05) is 33.5 Å². The number of hydrogen-bond donors (Lipinski definition) is 0. The van der Waals surface area contributed by atoms with Gasteiger partial charge in [-0.25, -0.2) is 0 Å². The molecule has 0 saturated carbocycles. The van der Waals surface area contributed by atoms with Gasteiger partial charge in [0.15, 0.2) is 0 Å². The molecule has 0 aliphatic heterocycles. The zero-order valence-corrected chi connectivity index (χ0v) is 38.4. The van der Waals surface area contributed by atoms with E-state index >= 15 is 0 Å². The molecule has 0 bridgehead atoms. The van der Waals surface area contributed by atoms with Crippen molar-refractivity contribution in [1.82, 2.24) is 0 Å². The first-order chi connectivity index (χ1) is 30.9. The van der Waals surface area contributed by atoms with Crippen LogP contribution in [0.3, 0.4) is 0 Å². The lowest BCUT2D eigenvalue weighted by Crippen LogP contribution is -2.18. The molecule has 0 saturated heterocycles. The number of benzene rings is 10. The minimum Gasteiger partial charge on any atom is -0.310 e. The molecule has 0 spiro atoms. The maximum Gasteiger partial charge on any atom is 0.0543 e. The van der Waals surface area contributed by atoms with Crippen LogP contribution in [0.2, 0.25) is 0 Å². The van der Waals surface area contributed by atoms with Gasteiger partial charge in [0.25, 0.3) is 0 Å². The Hall–Kier alpha value is -7.16. The van der Waals surface area contributed by atoms with Gasteiger partial charge in [-0.2, -0.15) is 0 Å². The fraction of sp³-hybridized carbons (Fsp3) is 0.161. The highest BCUT2D eigenvalue weighted by molar-refractivity contribution is 6.29. The summed E-state index contributed by atoms with van der Waals surface area (Å²) in [7, 11) is 0. The SMILES string of the molecule is Cc1c(-c2ccccc2)cccc1N(c1ccccc1)c1cc(C(C)(C)C)c2ccc3c(N(c4ccccc4)c4cccc(-c5ccccc5)c4C)cc(C(C)(C)C)c4ccc1c2c34. The van der Waals surface area contributed by atoms with E-state index in [0.29, 0.717) is 0 Å². The highest BCUT2D eigenvalue weighted by Gasteiger charge is 2.30. The highest BCUT2D eigenvalue weighted by Crippen LogP contribution is 2.53. The molecule has 0 fully saturated rings. The van der Waals surface area contributed by atoms with Gasteiger partial charge in [-0.3, -0.25) is 0 Å². The first kappa shape index (κ1) is 40.9. The van der Waals surface area contributed by atoms with Crippen LogP contribution in [0, 0.1) is 13.8 Å². The van der Waals surface area contributed by atoms with Gasteiger partial charge in [-0.1, -0.05) is 187 Å². The van der Waals surface area contributed by atoms with Crippen molar-refractivity contribution in [3.63, 3.8) is 0 Å². The molecule has 0 atom stereocenters. The summed E-state index contributed by atoms with van der Waals surface area (Å²) in [5.74, 6) is 0. The van der Waals surface area contributed by atoms with Crippen LogP contribution < -0.4 is 9.80 Å². The Morgan fingerprint density at radius 3 is 0.984 bits per heavy atom. The van der Waals surface area contributed by atoms with E-state index in [1.165, 1.54) is 99.6 Å². The maximum atomic E-state index is 2.52. The quantitative estimate of drug-likeness (QED) is 0.141. The van der Waals surface area contributed by atoms with Crippen LogP contribution in [0.15, 0.2) is 194 Å². The van der Waals surface area contributed by atoms with E-state index in [9.17, 15) is 0 Å². The zero-order chi connectivity index (χ0) is 44.3. The molecule has 10 aromatic carbocycles. The molecule has 2 nitrogen and oxygen atoms in total. The van der Waals surface area contributed by atoms with Crippen molar-refractivity contribution >= 4 is 66.4 Å². The van der Waals surface area contributed by atoms with Crippen LogP contribution >= 0.6 is 0 Å². The number of para-hydroxylation sites is 2. The van der Waals surface area contributed by atoms with E-state index in [1.54, 1.807) is 0 Å². The topological polar surface area (TPSA) is 6.48 Å². The van der Waals surface area contributed by atoms with Crippen LogP contribution in [0.25, 0.3) is 54.6 Å². The predicted octanol–water partition coefficient (Wildman–Crippen LogP) is 18.1. The average molecular weight is 829 g/mol. The van der Waals surface area contributed by atoms with Crippen molar-refractivity contribution in [3.8, 4) is 22.3 Å². The Balaban J connectivity index is 1.33. The lowest BCUT2D eigenvalue weighted by atomic mass is 9.77. The van der Waals surface area contributed by atoms with Gasteiger partial charge in [-0.05, 0) is 139 Å². The predicted molar refractivity (Wildman–Crippen MR) is 277 cm³/mol. The number of nitrogens with zero attached hydrogens (tertiary/aromatic N) is 2. The molecule has 10 rings (SSSR count). The van der Waals surface area contributed by atoms with E-state index in [0.717, 1.165) is 11.4 Å². The molecule has 10 aromatic rings.